The number of sulfonamides is 1. The first-order chi connectivity index (χ1) is 8.48. The first-order valence-electron chi connectivity index (χ1n) is 5.19. The Labute approximate surface area is 118 Å². The van der Waals surface area contributed by atoms with Gasteiger partial charge in [-0.25, -0.2) is 13.1 Å². The van der Waals surface area contributed by atoms with Gasteiger partial charge in [0.05, 0.1) is 19.3 Å². The van der Waals surface area contributed by atoms with E-state index >= 15 is 0 Å². The number of nitrogens with zero attached hydrogens (tertiary/aromatic N) is 4. The monoisotopic (exact) mass is 358 g/mol. The van der Waals surface area contributed by atoms with Crippen molar-refractivity contribution in [1.82, 2.24) is 19.3 Å². The van der Waals surface area contributed by atoms with Crippen LogP contribution in [-0.2, 0) is 21.8 Å². The standard InChI is InChI=1S/C8H12BrClN4O3S/c1-13-8(7(9)11-12-13)18(15,16)14-2-3-17-5-6(14)4-10/h6H,2-5H2,1H3. The number of aromatic nitrogens is 3. The lowest BCUT2D eigenvalue weighted by atomic mass is 10.3. The fraction of sp³-hybridized carbons (Fsp3) is 0.750. The van der Waals surface area contributed by atoms with Gasteiger partial charge in [-0.3, -0.25) is 0 Å². The van der Waals surface area contributed by atoms with Crippen molar-refractivity contribution >= 4 is 37.6 Å². The zero-order valence-electron chi connectivity index (χ0n) is 9.58. The van der Waals surface area contributed by atoms with Gasteiger partial charge in [0.2, 0.25) is 5.03 Å². The molecule has 1 aromatic heterocycles. The van der Waals surface area contributed by atoms with Crippen molar-refractivity contribution in [1.29, 1.82) is 0 Å². The van der Waals surface area contributed by atoms with Gasteiger partial charge in [0.1, 0.15) is 0 Å². The van der Waals surface area contributed by atoms with E-state index in [1.807, 2.05) is 0 Å². The molecule has 1 unspecified atom stereocenters. The van der Waals surface area contributed by atoms with Crippen molar-refractivity contribution in [3.05, 3.63) is 4.60 Å². The van der Waals surface area contributed by atoms with Crippen molar-refractivity contribution in [2.75, 3.05) is 25.6 Å². The van der Waals surface area contributed by atoms with Crippen LogP contribution < -0.4 is 0 Å². The molecular weight excluding hydrogens is 348 g/mol. The highest BCUT2D eigenvalue weighted by molar-refractivity contribution is 9.10. The van der Waals surface area contributed by atoms with Crippen molar-refractivity contribution in [3.8, 4) is 0 Å². The van der Waals surface area contributed by atoms with Gasteiger partial charge in [0.15, 0.2) is 4.60 Å². The molecule has 0 radical (unpaired) electrons. The lowest BCUT2D eigenvalue weighted by molar-refractivity contribution is 0.0402. The van der Waals surface area contributed by atoms with Gasteiger partial charge in [0.25, 0.3) is 10.0 Å². The van der Waals surface area contributed by atoms with Crippen LogP contribution in [0.1, 0.15) is 0 Å². The van der Waals surface area contributed by atoms with Gasteiger partial charge in [0, 0.05) is 19.5 Å². The third-order valence-corrected chi connectivity index (χ3v) is 5.84. The van der Waals surface area contributed by atoms with Crippen molar-refractivity contribution in [3.63, 3.8) is 0 Å². The van der Waals surface area contributed by atoms with Crippen LogP contribution in [0.2, 0.25) is 0 Å². The maximum Gasteiger partial charge on any atom is 0.263 e. The van der Waals surface area contributed by atoms with E-state index in [2.05, 4.69) is 26.2 Å². The summed E-state index contributed by atoms with van der Waals surface area (Å²) in [6.07, 6.45) is 0. The molecule has 1 aliphatic rings. The van der Waals surface area contributed by atoms with Crippen LogP contribution in [0.3, 0.4) is 0 Å². The Kier molecular flexibility index (Phi) is 4.27. The molecule has 0 spiro atoms. The summed E-state index contributed by atoms with van der Waals surface area (Å²) < 4.78 is 33.1. The van der Waals surface area contributed by atoms with Crippen LogP contribution in [0.15, 0.2) is 9.63 Å². The molecule has 7 nitrogen and oxygen atoms in total. The van der Waals surface area contributed by atoms with Crippen LogP contribution in [0, 0.1) is 0 Å². The molecule has 0 aromatic carbocycles. The molecule has 2 rings (SSSR count). The third-order valence-electron chi connectivity index (χ3n) is 2.64. The minimum absolute atomic E-state index is 0.0273. The molecule has 1 aromatic rings. The first kappa shape index (κ1) is 14.2. The topological polar surface area (TPSA) is 77.3 Å². The van der Waals surface area contributed by atoms with E-state index in [0.717, 1.165) is 0 Å². The van der Waals surface area contributed by atoms with Crippen LogP contribution in [-0.4, -0.2) is 59.4 Å². The number of ether oxygens (including phenoxy) is 1. The molecule has 102 valence electrons. The lowest BCUT2D eigenvalue weighted by Gasteiger charge is -2.33. The van der Waals surface area contributed by atoms with Crippen LogP contribution in [0.25, 0.3) is 0 Å². The number of aryl methyl sites for hydroxylation is 1. The van der Waals surface area contributed by atoms with E-state index in [0.29, 0.717) is 13.2 Å². The van der Waals surface area contributed by atoms with Gasteiger partial charge in [-0.2, -0.15) is 4.31 Å². The van der Waals surface area contributed by atoms with E-state index in [1.54, 1.807) is 0 Å². The largest absolute Gasteiger partial charge is 0.378 e. The highest BCUT2D eigenvalue weighted by Crippen LogP contribution is 2.25. The van der Waals surface area contributed by atoms with E-state index < -0.39 is 10.0 Å². The molecule has 0 aliphatic carbocycles. The summed E-state index contributed by atoms with van der Waals surface area (Å²) in [7, 11) is -2.15. The maximum atomic E-state index is 12.5. The molecule has 0 amide bonds. The molecule has 1 fully saturated rings. The molecule has 1 saturated heterocycles. The highest BCUT2D eigenvalue weighted by Gasteiger charge is 2.37. The second kappa shape index (κ2) is 5.41. The van der Waals surface area contributed by atoms with Gasteiger partial charge >= 0.3 is 0 Å². The molecule has 1 atom stereocenters. The smallest absolute Gasteiger partial charge is 0.263 e. The normalized spacial score (nSPS) is 22.3. The number of halogens is 2. The summed E-state index contributed by atoms with van der Waals surface area (Å²) in [4.78, 5) is 0. The molecule has 18 heavy (non-hydrogen) atoms. The summed E-state index contributed by atoms with van der Waals surface area (Å²) in [6, 6.07) is -0.368. The van der Waals surface area contributed by atoms with Crippen molar-refractivity contribution in [2.24, 2.45) is 7.05 Å². The molecule has 0 N–H and O–H groups in total. The van der Waals surface area contributed by atoms with E-state index in [4.69, 9.17) is 16.3 Å². The summed E-state index contributed by atoms with van der Waals surface area (Å²) in [5, 5.41) is 7.39. The predicted octanol–water partition coefficient (Wildman–Crippen LogP) is 0.206. The number of rotatable bonds is 3. The van der Waals surface area contributed by atoms with Crippen LogP contribution >= 0.6 is 27.5 Å². The molecule has 0 saturated carbocycles. The lowest BCUT2D eigenvalue weighted by Crippen LogP contribution is -2.49. The minimum atomic E-state index is -3.68. The number of alkyl halides is 1. The second-order valence-corrected chi connectivity index (χ2v) is 6.67. The maximum absolute atomic E-state index is 12.5. The van der Waals surface area contributed by atoms with Crippen LogP contribution in [0.4, 0.5) is 0 Å². The molecular formula is C8H12BrClN4O3S. The molecule has 0 bridgehead atoms. The fourth-order valence-corrected chi connectivity index (χ4v) is 4.75. The predicted molar refractivity (Wildman–Crippen MR) is 67.9 cm³/mol. The summed E-state index contributed by atoms with van der Waals surface area (Å²) in [5.74, 6) is 0.183. The Morgan fingerprint density at radius 1 is 1.61 bits per heavy atom. The SMILES string of the molecule is Cn1nnc(Br)c1S(=O)(=O)N1CCOCC1CCl. The Bertz CT molecular complexity index is 515. The quantitative estimate of drug-likeness (QED) is 0.721. The Morgan fingerprint density at radius 3 is 2.89 bits per heavy atom. The van der Waals surface area contributed by atoms with Crippen LogP contribution in [0.5, 0.6) is 0 Å². The Balaban J connectivity index is 2.41. The number of hydrogen-bond acceptors (Lipinski definition) is 5. The fourth-order valence-electron chi connectivity index (χ4n) is 1.79. The average Bonchev–Trinajstić information content (AvgIpc) is 2.69. The van der Waals surface area contributed by atoms with Gasteiger partial charge in [-0.05, 0) is 15.9 Å². The van der Waals surface area contributed by atoms with Crippen molar-refractivity contribution in [2.45, 2.75) is 11.1 Å². The molecule has 1 aliphatic heterocycles. The van der Waals surface area contributed by atoms with Gasteiger partial charge in [-0.1, -0.05) is 5.21 Å². The van der Waals surface area contributed by atoms with E-state index in [-0.39, 0.29) is 28.1 Å². The van der Waals surface area contributed by atoms with Crippen molar-refractivity contribution < 1.29 is 13.2 Å². The highest BCUT2D eigenvalue weighted by atomic mass is 79.9. The van der Waals surface area contributed by atoms with Gasteiger partial charge in [-0.15, -0.1) is 16.7 Å². The van der Waals surface area contributed by atoms with E-state index in [1.165, 1.54) is 16.0 Å². The Morgan fingerprint density at radius 2 is 2.33 bits per heavy atom. The zero-order valence-corrected chi connectivity index (χ0v) is 12.7. The van der Waals surface area contributed by atoms with Gasteiger partial charge < -0.3 is 4.74 Å². The van der Waals surface area contributed by atoms with E-state index in [9.17, 15) is 8.42 Å². The second-order valence-electron chi connectivity index (χ2n) is 3.81. The minimum Gasteiger partial charge on any atom is -0.378 e. The number of morpholine rings is 1. The summed E-state index contributed by atoms with van der Waals surface area (Å²) in [5.41, 5.74) is 0. The molecule has 10 heteroatoms. The average molecular weight is 360 g/mol. The molecule has 2 heterocycles. The zero-order chi connectivity index (χ0) is 13.3. The first-order valence-corrected chi connectivity index (χ1v) is 7.96. The summed E-state index contributed by atoms with van der Waals surface area (Å²) in [6.45, 7) is 0.929. The third kappa shape index (κ3) is 2.42. The summed E-state index contributed by atoms with van der Waals surface area (Å²) >= 11 is 8.88. The number of hydrogen-bond donors (Lipinski definition) is 0. The Hall–Kier alpha value is -0.220.